The van der Waals surface area contributed by atoms with Gasteiger partial charge in [-0.25, -0.2) is 4.98 Å². The molecule has 0 amide bonds. The first-order valence-electron chi connectivity index (χ1n) is 11.5. The van der Waals surface area contributed by atoms with Crippen molar-refractivity contribution in [3.05, 3.63) is 47.2 Å². The third-order valence-corrected chi connectivity index (χ3v) is 7.00. The molecule has 0 aliphatic heterocycles. The predicted octanol–water partition coefficient (Wildman–Crippen LogP) is 2.55. The molecule has 0 saturated heterocycles. The molecule has 0 radical (unpaired) electrons. The molecule has 6 N–H and O–H groups in total. The van der Waals surface area contributed by atoms with E-state index >= 15 is 0 Å². The van der Waals surface area contributed by atoms with Crippen LogP contribution in [0.25, 0.3) is 0 Å². The van der Waals surface area contributed by atoms with Crippen LogP contribution in [0.15, 0.2) is 30.5 Å². The van der Waals surface area contributed by atoms with Gasteiger partial charge in [0.15, 0.2) is 0 Å². The normalized spacial score (nSPS) is 25.6. The van der Waals surface area contributed by atoms with Crippen LogP contribution < -0.4 is 16.4 Å². The largest absolute Gasteiger partial charge is 0.393 e. The zero-order chi connectivity index (χ0) is 22.5. The Balaban J connectivity index is 1.41. The minimum atomic E-state index is -0.935. The van der Waals surface area contributed by atoms with Crippen molar-refractivity contribution in [1.29, 1.82) is 5.26 Å². The molecule has 0 spiro atoms. The summed E-state index contributed by atoms with van der Waals surface area (Å²) in [6, 6.07) is 9.88. The number of hydrogen-bond acceptors (Lipinski definition) is 8. The number of aliphatic hydroxyl groups is 2. The number of nitrogens with two attached hydrogens (primary N) is 1. The average Bonchev–Trinajstić information content (AvgIpc) is 2.81. The molecule has 1 aromatic carbocycles. The molecule has 8 nitrogen and oxygen atoms in total. The molecule has 2 saturated carbocycles. The highest BCUT2D eigenvalue weighted by Gasteiger charge is 2.37. The van der Waals surface area contributed by atoms with Crippen LogP contribution in [-0.4, -0.2) is 39.4 Å². The Morgan fingerprint density at radius 2 is 1.94 bits per heavy atom. The fourth-order valence-corrected chi connectivity index (χ4v) is 5.30. The first kappa shape index (κ1) is 22.5. The zero-order valence-corrected chi connectivity index (χ0v) is 18.2. The van der Waals surface area contributed by atoms with Gasteiger partial charge < -0.3 is 26.6 Å². The van der Waals surface area contributed by atoms with E-state index in [0.717, 1.165) is 24.9 Å². The number of aliphatic hydroxyl groups excluding tert-OH is 2. The van der Waals surface area contributed by atoms with Gasteiger partial charge in [-0.2, -0.15) is 10.2 Å². The quantitative estimate of drug-likeness (QED) is 0.425. The summed E-state index contributed by atoms with van der Waals surface area (Å²) < 4.78 is 0. The van der Waals surface area contributed by atoms with Gasteiger partial charge in [0, 0.05) is 19.1 Å². The van der Waals surface area contributed by atoms with Crippen LogP contribution in [0.3, 0.4) is 0 Å². The van der Waals surface area contributed by atoms with Gasteiger partial charge in [-0.1, -0.05) is 30.7 Å². The summed E-state index contributed by atoms with van der Waals surface area (Å²) in [4.78, 5) is 8.79. The molecule has 1 aromatic heterocycles. The van der Waals surface area contributed by atoms with E-state index in [9.17, 15) is 15.5 Å². The van der Waals surface area contributed by atoms with Crippen molar-refractivity contribution < 1.29 is 10.2 Å². The number of nitrogens with zero attached hydrogens (tertiary/aromatic N) is 3. The van der Waals surface area contributed by atoms with Crippen molar-refractivity contribution in [2.75, 3.05) is 23.8 Å². The highest BCUT2D eigenvalue weighted by Crippen LogP contribution is 2.41. The Labute approximate surface area is 188 Å². The number of benzene rings is 1. The molecule has 2 fully saturated rings. The van der Waals surface area contributed by atoms with E-state index in [0.29, 0.717) is 53.2 Å². The molecule has 1 heterocycles. The number of aromatic nitrogens is 2. The number of anilines is 2. The van der Waals surface area contributed by atoms with E-state index in [1.807, 2.05) is 18.2 Å². The van der Waals surface area contributed by atoms with E-state index in [1.165, 1.54) is 25.5 Å². The van der Waals surface area contributed by atoms with Crippen LogP contribution in [0.1, 0.15) is 54.9 Å². The van der Waals surface area contributed by atoms with Crippen molar-refractivity contribution in [3.8, 4) is 6.07 Å². The van der Waals surface area contributed by atoms with Crippen LogP contribution >= 0.6 is 0 Å². The lowest BCUT2D eigenvalue weighted by Crippen LogP contribution is -2.47. The lowest BCUT2D eigenvalue weighted by Gasteiger charge is -2.44. The summed E-state index contributed by atoms with van der Waals surface area (Å²) in [5.74, 6) is 2.70. The SMILES string of the molecule is N#Cc1cnc(NCc2ccccc2C(O)CO)nc1NCC1C[C@H]2CCC[C@@H](C1)C2N. The summed E-state index contributed by atoms with van der Waals surface area (Å²) in [6.07, 6.45) is 6.60. The number of nitrogens with one attached hydrogen (secondary N) is 2. The summed E-state index contributed by atoms with van der Waals surface area (Å²) in [5, 5.41) is 35.4. The first-order chi connectivity index (χ1) is 15.6. The molecule has 2 aliphatic carbocycles. The van der Waals surface area contributed by atoms with Crippen LogP contribution in [0.4, 0.5) is 11.8 Å². The Hall–Kier alpha value is -2.73. The van der Waals surface area contributed by atoms with Gasteiger partial charge in [0.25, 0.3) is 0 Å². The van der Waals surface area contributed by atoms with Gasteiger partial charge in [0.2, 0.25) is 5.95 Å². The zero-order valence-electron chi connectivity index (χ0n) is 18.2. The number of fused-ring (bicyclic) bond motifs is 2. The van der Waals surface area contributed by atoms with Gasteiger partial charge in [-0.15, -0.1) is 0 Å². The van der Waals surface area contributed by atoms with Crippen molar-refractivity contribution in [2.24, 2.45) is 23.5 Å². The lowest BCUT2D eigenvalue weighted by molar-refractivity contribution is 0.0949. The molecular formula is C24H32N6O2. The number of rotatable bonds is 8. The smallest absolute Gasteiger partial charge is 0.224 e. The molecule has 2 bridgehead atoms. The van der Waals surface area contributed by atoms with E-state index in [4.69, 9.17) is 5.73 Å². The number of hydrogen-bond donors (Lipinski definition) is 5. The second kappa shape index (κ2) is 10.3. The van der Waals surface area contributed by atoms with Crippen molar-refractivity contribution in [2.45, 2.75) is 50.8 Å². The van der Waals surface area contributed by atoms with E-state index in [2.05, 4.69) is 26.7 Å². The van der Waals surface area contributed by atoms with Gasteiger partial charge in [-0.3, -0.25) is 0 Å². The third-order valence-electron chi connectivity index (χ3n) is 7.00. The molecule has 2 aromatic rings. The molecule has 4 rings (SSSR count). The molecule has 5 atom stereocenters. The van der Waals surface area contributed by atoms with E-state index in [-0.39, 0.29) is 6.61 Å². The maximum absolute atomic E-state index is 10.0. The average molecular weight is 437 g/mol. The Bertz CT molecular complexity index is 948. The summed E-state index contributed by atoms with van der Waals surface area (Å²) >= 11 is 0. The Kier molecular flexibility index (Phi) is 7.20. The molecule has 32 heavy (non-hydrogen) atoms. The van der Waals surface area contributed by atoms with Crippen molar-refractivity contribution in [3.63, 3.8) is 0 Å². The highest BCUT2D eigenvalue weighted by molar-refractivity contribution is 5.53. The van der Waals surface area contributed by atoms with Crippen LogP contribution in [0.2, 0.25) is 0 Å². The number of nitriles is 1. The van der Waals surface area contributed by atoms with Crippen LogP contribution in [-0.2, 0) is 6.54 Å². The van der Waals surface area contributed by atoms with Crippen LogP contribution in [0, 0.1) is 29.1 Å². The van der Waals surface area contributed by atoms with Crippen LogP contribution in [0.5, 0.6) is 0 Å². The van der Waals surface area contributed by atoms with Gasteiger partial charge in [-0.05, 0) is 54.6 Å². The fourth-order valence-electron chi connectivity index (χ4n) is 5.30. The minimum absolute atomic E-state index is 0.341. The summed E-state index contributed by atoms with van der Waals surface area (Å²) in [6.45, 7) is 0.824. The molecule has 8 heteroatoms. The Morgan fingerprint density at radius 3 is 2.66 bits per heavy atom. The van der Waals surface area contributed by atoms with E-state index < -0.39 is 6.10 Å². The van der Waals surface area contributed by atoms with E-state index in [1.54, 1.807) is 6.07 Å². The summed E-state index contributed by atoms with van der Waals surface area (Å²) in [7, 11) is 0. The Morgan fingerprint density at radius 1 is 1.19 bits per heavy atom. The second-order valence-electron chi connectivity index (χ2n) is 9.07. The van der Waals surface area contributed by atoms with Crippen molar-refractivity contribution in [1.82, 2.24) is 9.97 Å². The van der Waals surface area contributed by atoms with Gasteiger partial charge >= 0.3 is 0 Å². The fraction of sp³-hybridized carbons (Fsp3) is 0.542. The summed E-state index contributed by atoms with van der Waals surface area (Å²) in [5.41, 5.74) is 8.34. The highest BCUT2D eigenvalue weighted by atomic mass is 16.3. The topological polar surface area (TPSA) is 140 Å². The lowest BCUT2D eigenvalue weighted by atomic mass is 9.65. The molecular weight excluding hydrogens is 404 g/mol. The van der Waals surface area contributed by atoms with Crippen molar-refractivity contribution >= 4 is 11.8 Å². The third kappa shape index (κ3) is 5.01. The molecule has 2 aliphatic rings. The van der Waals surface area contributed by atoms with Gasteiger partial charge in [0.1, 0.15) is 23.6 Å². The molecule has 170 valence electrons. The predicted molar refractivity (Wildman–Crippen MR) is 123 cm³/mol. The molecule has 3 unspecified atom stereocenters. The standard InChI is InChI=1S/C24H32N6O2/c25-10-19-13-29-24(28-12-18-4-1-2-7-20(18)21(32)14-31)30-23(19)27-11-15-8-16-5-3-6-17(9-15)22(16)26/h1-2,4,7,13,15-17,21-22,31-32H,3,5-6,8-9,11-12,14,26H2,(H2,27,28,29,30)/t15?,16-,17+,21?,22?. The maximum Gasteiger partial charge on any atom is 0.224 e. The monoisotopic (exact) mass is 436 g/mol. The van der Waals surface area contributed by atoms with Gasteiger partial charge in [0.05, 0.1) is 12.8 Å². The minimum Gasteiger partial charge on any atom is -0.393 e. The maximum atomic E-state index is 10.0. The first-order valence-corrected chi connectivity index (χ1v) is 11.5. The second-order valence-corrected chi connectivity index (χ2v) is 9.07.